The molecule has 7 nitrogen and oxygen atoms in total. The minimum Gasteiger partial charge on any atom is -0.486 e. The van der Waals surface area contributed by atoms with Crippen LogP contribution >= 0.6 is 11.6 Å². The Balaban J connectivity index is 1.63. The number of ether oxygens (including phenoxy) is 4. The first-order chi connectivity index (χ1) is 12.1. The predicted octanol–water partition coefficient (Wildman–Crippen LogP) is 2.78. The fraction of sp³-hybridized carbons (Fsp3) is 0.294. The van der Waals surface area contributed by atoms with Crippen LogP contribution in [-0.2, 0) is 27.3 Å². The fourth-order valence-corrected chi connectivity index (χ4v) is 2.65. The number of benzene rings is 1. The maximum absolute atomic E-state index is 12.1. The van der Waals surface area contributed by atoms with Crippen molar-refractivity contribution in [2.75, 3.05) is 20.3 Å². The van der Waals surface area contributed by atoms with Gasteiger partial charge in [0.05, 0.1) is 24.8 Å². The van der Waals surface area contributed by atoms with E-state index < -0.39 is 11.9 Å². The lowest BCUT2D eigenvalue weighted by molar-refractivity contribution is -0.144. The molecule has 0 radical (unpaired) electrons. The first-order valence-corrected chi connectivity index (χ1v) is 7.84. The number of rotatable bonds is 5. The van der Waals surface area contributed by atoms with E-state index in [-0.39, 0.29) is 18.8 Å². The Labute approximate surface area is 148 Å². The second kappa shape index (κ2) is 7.48. The molecule has 0 bridgehead atoms. The number of esters is 2. The SMILES string of the molecule is COC(=O)c1occc1COC(=O)Cc1cc(Cl)c2c(c1)OCCO2. The Morgan fingerprint density at radius 2 is 2.04 bits per heavy atom. The van der Waals surface area contributed by atoms with Crippen LogP contribution in [0.3, 0.4) is 0 Å². The van der Waals surface area contributed by atoms with Gasteiger partial charge in [-0.05, 0) is 23.8 Å². The maximum Gasteiger partial charge on any atom is 0.374 e. The van der Waals surface area contributed by atoms with Gasteiger partial charge in [-0.2, -0.15) is 0 Å². The van der Waals surface area contributed by atoms with E-state index in [9.17, 15) is 9.59 Å². The number of hydrogen-bond acceptors (Lipinski definition) is 7. The van der Waals surface area contributed by atoms with Crippen LogP contribution in [-0.4, -0.2) is 32.3 Å². The Morgan fingerprint density at radius 3 is 2.84 bits per heavy atom. The van der Waals surface area contributed by atoms with E-state index in [4.69, 9.17) is 30.2 Å². The van der Waals surface area contributed by atoms with E-state index in [1.165, 1.54) is 13.4 Å². The van der Waals surface area contributed by atoms with Crippen molar-refractivity contribution in [1.29, 1.82) is 0 Å². The highest BCUT2D eigenvalue weighted by Gasteiger charge is 2.19. The third kappa shape index (κ3) is 3.88. The second-order valence-electron chi connectivity index (χ2n) is 5.21. The van der Waals surface area contributed by atoms with E-state index in [0.29, 0.717) is 40.9 Å². The molecule has 0 unspecified atom stereocenters. The van der Waals surface area contributed by atoms with E-state index in [2.05, 4.69) is 4.74 Å². The largest absolute Gasteiger partial charge is 0.486 e. The maximum atomic E-state index is 12.1. The van der Waals surface area contributed by atoms with Gasteiger partial charge >= 0.3 is 11.9 Å². The lowest BCUT2D eigenvalue weighted by atomic mass is 10.1. The Bertz CT molecular complexity index is 796. The Hall–Kier alpha value is -2.67. The molecule has 0 N–H and O–H groups in total. The fourth-order valence-electron chi connectivity index (χ4n) is 2.36. The molecule has 0 fully saturated rings. The Kier molecular flexibility index (Phi) is 5.14. The van der Waals surface area contributed by atoms with Crippen molar-refractivity contribution >= 4 is 23.5 Å². The minimum atomic E-state index is -0.630. The molecule has 0 saturated carbocycles. The van der Waals surface area contributed by atoms with Gasteiger partial charge in [0, 0.05) is 5.56 Å². The van der Waals surface area contributed by atoms with E-state index >= 15 is 0 Å². The lowest BCUT2D eigenvalue weighted by Crippen LogP contribution is -2.16. The summed E-state index contributed by atoms with van der Waals surface area (Å²) in [5, 5.41) is 0.378. The summed E-state index contributed by atoms with van der Waals surface area (Å²) in [6.07, 6.45) is 1.33. The van der Waals surface area contributed by atoms with Crippen molar-refractivity contribution in [2.45, 2.75) is 13.0 Å². The molecule has 2 aromatic rings. The number of hydrogen-bond donors (Lipinski definition) is 0. The minimum absolute atomic E-state index is 0.00175. The van der Waals surface area contributed by atoms with Crippen molar-refractivity contribution < 1.29 is 33.0 Å². The summed E-state index contributed by atoms with van der Waals surface area (Å²) in [4.78, 5) is 23.6. The van der Waals surface area contributed by atoms with Gasteiger partial charge in [0.1, 0.15) is 19.8 Å². The summed E-state index contributed by atoms with van der Waals surface area (Å²) < 4.78 is 25.7. The molecule has 0 atom stereocenters. The van der Waals surface area contributed by atoms with Crippen LogP contribution in [0.25, 0.3) is 0 Å². The molecule has 1 aliphatic rings. The average Bonchev–Trinajstić information content (AvgIpc) is 3.08. The number of fused-ring (bicyclic) bond motifs is 1. The molecule has 0 aliphatic carbocycles. The van der Waals surface area contributed by atoms with Gasteiger partial charge in [0.15, 0.2) is 11.5 Å². The normalized spacial score (nSPS) is 12.6. The zero-order valence-corrected chi connectivity index (χ0v) is 14.1. The third-order valence-electron chi connectivity index (χ3n) is 3.51. The molecule has 1 aromatic heterocycles. The summed E-state index contributed by atoms with van der Waals surface area (Å²) in [6.45, 7) is 0.757. The molecule has 132 valence electrons. The van der Waals surface area contributed by atoms with Crippen LogP contribution in [0, 0.1) is 0 Å². The van der Waals surface area contributed by atoms with Gasteiger partial charge in [-0.1, -0.05) is 11.6 Å². The molecule has 0 spiro atoms. The average molecular weight is 367 g/mol. The summed E-state index contributed by atoms with van der Waals surface area (Å²) in [7, 11) is 1.24. The van der Waals surface area contributed by atoms with Gasteiger partial charge in [-0.15, -0.1) is 0 Å². The number of carbonyl (C=O) groups is 2. The van der Waals surface area contributed by atoms with Crippen molar-refractivity contribution in [2.24, 2.45) is 0 Å². The molecular formula is C17H15ClO7. The standard InChI is InChI=1S/C17H15ClO7/c1-21-17(20)15-11(2-3-23-15)9-25-14(19)8-10-6-12(18)16-13(7-10)22-4-5-24-16/h2-3,6-7H,4-5,8-9H2,1H3. The first kappa shape index (κ1) is 17.2. The van der Waals surface area contributed by atoms with Gasteiger partial charge in [-0.3, -0.25) is 4.79 Å². The molecule has 25 heavy (non-hydrogen) atoms. The van der Waals surface area contributed by atoms with E-state index in [1.807, 2.05) is 0 Å². The first-order valence-electron chi connectivity index (χ1n) is 7.47. The summed E-state index contributed by atoms with van der Waals surface area (Å²) >= 11 is 6.14. The third-order valence-corrected chi connectivity index (χ3v) is 3.79. The molecule has 1 aliphatic heterocycles. The van der Waals surface area contributed by atoms with Crippen molar-refractivity contribution in [3.05, 3.63) is 46.4 Å². The topological polar surface area (TPSA) is 84.2 Å². The molecule has 8 heteroatoms. The van der Waals surface area contributed by atoms with E-state index in [1.54, 1.807) is 18.2 Å². The highest BCUT2D eigenvalue weighted by Crippen LogP contribution is 2.38. The smallest absolute Gasteiger partial charge is 0.374 e. The molecule has 0 saturated heterocycles. The van der Waals surface area contributed by atoms with Gasteiger partial charge in [0.25, 0.3) is 0 Å². The van der Waals surface area contributed by atoms with Crippen LogP contribution in [0.15, 0.2) is 28.9 Å². The highest BCUT2D eigenvalue weighted by atomic mass is 35.5. The van der Waals surface area contributed by atoms with Crippen LogP contribution in [0.5, 0.6) is 11.5 Å². The monoisotopic (exact) mass is 366 g/mol. The molecule has 2 heterocycles. The Morgan fingerprint density at radius 1 is 1.24 bits per heavy atom. The van der Waals surface area contributed by atoms with E-state index in [0.717, 1.165) is 0 Å². The molecular weight excluding hydrogens is 352 g/mol. The summed E-state index contributed by atoms with van der Waals surface area (Å²) in [6, 6.07) is 4.87. The summed E-state index contributed by atoms with van der Waals surface area (Å²) in [5.41, 5.74) is 1.07. The van der Waals surface area contributed by atoms with Crippen molar-refractivity contribution in [1.82, 2.24) is 0 Å². The van der Waals surface area contributed by atoms with Crippen molar-refractivity contribution in [3.8, 4) is 11.5 Å². The zero-order valence-electron chi connectivity index (χ0n) is 13.4. The summed E-state index contributed by atoms with van der Waals surface area (Å²) in [5.74, 6) is -0.118. The van der Waals surface area contributed by atoms with Crippen LogP contribution in [0.4, 0.5) is 0 Å². The van der Waals surface area contributed by atoms with Crippen LogP contribution in [0.1, 0.15) is 21.7 Å². The van der Waals surface area contributed by atoms with Gasteiger partial charge in [0.2, 0.25) is 5.76 Å². The van der Waals surface area contributed by atoms with Gasteiger partial charge < -0.3 is 23.4 Å². The number of carbonyl (C=O) groups excluding carboxylic acids is 2. The van der Waals surface area contributed by atoms with Crippen LogP contribution in [0.2, 0.25) is 5.02 Å². The zero-order chi connectivity index (χ0) is 17.8. The number of methoxy groups -OCH3 is 1. The second-order valence-corrected chi connectivity index (χ2v) is 5.61. The van der Waals surface area contributed by atoms with Crippen LogP contribution < -0.4 is 9.47 Å². The molecule has 0 amide bonds. The molecule has 3 rings (SSSR count). The molecule has 1 aromatic carbocycles. The highest BCUT2D eigenvalue weighted by molar-refractivity contribution is 6.32. The quantitative estimate of drug-likeness (QED) is 0.752. The lowest BCUT2D eigenvalue weighted by Gasteiger charge is -2.20. The number of halogens is 1. The van der Waals surface area contributed by atoms with Gasteiger partial charge in [-0.25, -0.2) is 4.79 Å². The van der Waals surface area contributed by atoms with Crippen molar-refractivity contribution in [3.63, 3.8) is 0 Å². The predicted molar refractivity (Wildman–Crippen MR) is 86.0 cm³/mol. The number of furan rings is 1.